The van der Waals surface area contributed by atoms with Crippen molar-refractivity contribution in [1.29, 1.82) is 0 Å². The maximum absolute atomic E-state index is 11.9. The summed E-state index contributed by atoms with van der Waals surface area (Å²) in [7, 11) is -16.3. The molecule has 4 N–H and O–H groups in total. The van der Waals surface area contributed by atoms with E-state index >= 15 is 0 Å². The van der Waals surface area contributed by atoms with E-state index in [1.807, 2.05) is 6.92 Å². The number of imidazole rings is 1. The predicted octanol–water partition coefficient (Wildman–Crippen LogP) is 1.32. The average molecular weight is 520 g/mol. The van der Waals surface area contributed by atoms with Crippen LogP contribution in [0.15, 0.2) is 12.7 Å². The van der Waals surface area contributed by atoms with Gasteiger partial charge in [0.15, 0.2) is 5.65 Å². The molecule has 2 aromatic rings. The van der Waals surface area contributed by atoms with E-state index in [0.717, 1.165) is 5.69 Å². The Kier molecular flexibility index (Phi) is 7.44. The highest BCUT2D eigenvalue weighted by atomic mass is 32.1. The number of hydrogen-bond donors (Lipinski definition) is 5. The number of rotatable bonds is 9. The van der Waals surface area contributed by atoms with Crippen molar-refractivity contribution in [2.24, 2.45) is 0 Å². The lowest BCUT2D eigenvalue weighted by Crippen LogP contribution is -2.22. The van der Waals surface area contributed by atoms with Crippen LogP contribution in [0, 0.1) is 0 Å². The summed E-state index contributed by atoms with van der Waals surface area (Å²) in [5.74, 6) is 0. The first-order chi connectivity index (χ1) is 14.3. The Morgan fingerprint density at radius 2 is 1.87 bits per heavy atom. The largest absolute Gasteiger partial charge is 0.490 e. The smallest absolute Gasteiger partial charge is 0.351 e. The van der Waals surface area contributed by atoms with Crippen LogP contribution in [-0.2, 0) is 38.0 Å². The molecule has 1 aliphatic heterocycles. The quantitative estimate of drug-likeness (QED) is 0.233. The predicted molar refractivity (Wildman–Crippen MR) is 106 cm³/mol. The van der Waals surface area contributed by atoms with Crippen molar-refractivity contribution in [2.45, 2.75) is 37.3 Å². The van der Waals surface area contributed by atoms with Gasteiger partial charge >= 0.3 is 23.5 Å². The third-order valence-electron chi connectivity index (χ3n) is 4.10. The number of nitrogens with zero attached hydrogens (tertiary/aromatic N) is 4. The molecule has 5 unspecified atom stereocenters. The van der Waals surface area contributed by atoms with Gasteiger partial charge in [-0.05, 0) is 6.42 Å². The first-order valence-electron chi connectivity index (χ1n) is 8.58. The molecule has 3 rings (SSSR count). The maximum atomic E-state index is 11.9. The second-order valence-corrected chi connectivity index (χ2v) is 11.4. The van der Waals surface area contributed by atoms with Gasteiger partial charge in [0.1, 0.15) is 18.1 Å². The molecule has 0 aromatic carbocycles. The molecule has 0 saturated carbocycles. The van der Waals surface area contributed by atoms with Crippen molar-refractivity contribution in [2.75, 3.05) is 6.61 Å². The summed E-state index contributed by atoms with van der Waals surface area (Å²) in [5.41, 5.74) is 1.90. The van der Waals surface area contributed by atoms with Gasteiger partial charge in [0.2, 0.25) is 0 Å². The maximum Gasteiger partial charge on any atom is 0.490 e. The third-order valence-corrected chi connectivity index (χ3v) is 8.45. The van der Waals surface area contributed by atoms with Crippen molar-refractivity contribution in [1.82, 2.24) is 19.5 Å². The highest BCUT2D eigenvalue weighted by molar-refractivity contribution is 7.81. The van der Waals surface area contributed by atoms with Gasteiger partial charge in [0.05, 0.1) is 24.7 Å². The number of aromatic nitrogens is 4. The Morgan fingerprint density at radius 1 is 1.16 bits per heavy atom. The molecular weight excluding hydrogens is 501 g/mol. The van der Waals surface area contributed by atoms with E-state index in [-0.39, 0.29) is 0 Å². The number of ether oxygens (including phenoxy) is 1. The summed E-state index contributed by atoms with van der Waals surface area (Å²) in [6.45, 7) is 1.34. The van der Waals surface area contributed by atoms with Crippen molar-refractivity contribution in [3.63, 3.8) is 0 Å². The van der Waals surface area contributed by atoms with Crippen LogP contribution < -0.4 is 0 Å². The minimum absolute atomic E-state index is 0.352. The van der Waals surface area contributed by atoms with Gasteiger partial charge in [-0.1, -0.05) is 6.92 Å². The highest BCUT2D eigenvalue weighted by Crippen LogP contribution is 2.66. The molecule has 0 radical (unpaired) electrons. The monoisotopic (exact) mass is 520 g/mol. The standard InChI is InChI=1S/C12H19N4O11P3S/c1-2-7-11-12(14-5-13-7)16(6-15-11)10-3-9(31)8(25-10)4-24-29(20,21)27-30(22,23)26-28(17,18)19/h5-6,8-10,31H,2-4H2,1H3,(H,20,21)(H,22,23)(H2,17,18,19). The minimum Gasteiger partial charge on any atom is -0.351 e. The second-order valence-electron chi connectivity index (χ2n) is 6.32. The second kappa shape index (κ2) is 9.26. The Morgan fingerprint density at radius 3 is 2.52 bits per heavy atom. The molecule has 15 nitrogen and oxygen atoms in total. The molecule has 0 spiro atoms. The Labute approximate surface area is 180 Å². The van der Waals surface area contributed by atoms with Gasteiger partial charge in [0, 0.05) is 11.7 Å². The minimum atomic E-state index is -5.59. The van der Waals surface area contributed by atoms with Crippen molar-refractivity contribution < 1.29 is 51.2 Å². The van der Waals surface area contributed by atoms with Crippen LogP contribution >= 0.6 is 36.1 Å². The molecule has 1 fully saturated rings. The fraction of sp³-hybridized carbons (Fsp3) is 0.583. The fourth-order valence-corrected chi connectivity index (χ4v) is 6.24. The van der Waals surface area contributed by atoms with Gasteiger partial charge in [0.25, 0.3) is 0 Å². The summed E-state index contributed by atoms with van der Waals surface area (Å²) in [4.78, 5) is 48.5. The molecule has 5 atom stereocenters. The number of fused-ring (bicyclic) bond motifs is 1. The van der Waals surface area contributed by atoms with Crippen LogP contribution in [0.3, 0.4) is 0 Å². The molecule has 1 aliphatic rings. The van der Waals surface area contributed by atoms with Crippen molar-refractivity contribution in [3.05, 3.63) is 18.3 Å². The lowest BCUT2D eigenvalue weighted by Gasteiger charge is -2.19. The van der Waals surface area contributed by atoms with E-state index in [1.54, 1.807) is 4.57 Å². The van der Waals surface area contributed by atoms with Crippen LogP contribution in [0.2, 0.25) is 0 Å². The highest BCUT2D eigenvalue weighted by Gasteiger charge is 2.42. The normalized spacial score (nSPS) is 26.1. The molecule has 174 valence electrons. The summed E-state index contributed by atoms with van der Waals surface area (Å²) >= 11 is 4.37. The van der Waals surface area contributed by atoms with E-state index in [0.29, 0.717) is 24.0 Å². The first-order valence-corrected chi connectivity index (χ1v) is 13.6. The molecule has 1 saturated heterocycles. The van der Waals surface area contributed by atoms with Crippen LogP contribution in [-0.4, -0.2) is 57.1 Å². The van der Waals surface area contributed by atoms with Crippen LogP contribution in [0.25, 0.3) is 11.2 Å². The average Bonchev–Trinajstić information content (AvgIpc) is 3.19. The van der Waals surface area contributed by atoms with Crippen molar-refractivity contribution in [3.8, 4) is 0 Å². The number of aryl methyl sites for hydroxylation is 1. The summed E-state index contributed by atoms with van der Waals surface area (Å²) in [6, 6.07) is 0. The lowest BCUT2D eigenvalue weighted by atomic mass is 10.2. The first kappa shape index (κ1) is 24.9. The van der Waals surface area contributed by atoms with E-state index in [4.69, 9.17) is 14.5 Å². The topological polar surface area (TPSA) is 213 Å². The number of phosphoric acid groups is 3. The lowest BCUT2D eigenvalue weighted by molar-refractivity contribution is -0.0195. The molecule has 2 aromatic heterocycles. The number of hydrogen-bond acceptors (Lipinski definition) is 11. The Hall–Kier alpha value is -0.730. The number of thiol groups is 1. The zero-order valence-electron chi connectivity index (χ0n) is 15.7. The Balaban J connectivity index is 1.65. The van der Waals surface area contributed by atoms with Gasteiger partial charge in [-0.15, -0.1) is 0 Å². The van der Waals surface area contributed by atoms with Gasteiger partial charge in [-0.3, -0.25) is 9.09 Å². The molecule has 3 heterocycles. The summed E-state index contributed by atoms with van der Waals surface area (Å²) in [6.07, 6.45) is 2.50. The van der Waals surface area contributed by atoms with E-state index < -0.39 is 47.7 Å². The summed E-state index contributed by atoms with van der Waals surface area (Å²) in [5, 5.41) is -0.470. The molecule has 0 aliphatic carbocycles. The third kappa shape index (κ3) is 6.41. The van der Waals surface area contributed by atoms with E-state index in [1.165, 1.54) is 12.7 Å². The van der Waals surface area contributed by atoms with Crippen LogP contribution in [0.1, 0.15) is 25.3 Å². The van der Waals surface area contributed by atoms with Gasteiger partial charge in [-0.2, -0.15) is 21.3 Å². The molecular formula is C12H19N4O11P3S. The molecule has 31 heavy (non-hydrogen) atoms. The van der Waals surface area contributed by atoms with Gasteiger partial charge in [-0.25, -0.2) is 28.6 Å². The van der Waals surface area contributed by atoms with Crippen LogP contribution in [0.4, 0.5) is 0 Å². The van der Waals surface area contributed by atoms with Crippen LogP contribution in [0.5, 0.6) is 0 Å². The van der Waals surface area contributed by atoms with Gasteiger partial charge < -0.3 is 24.3 Å². The Bertz CT molecular complexity index is 1090. The zero-order chi connectivity index (χ0) is 23.0. The fourth-order valence-electron chi connectivity index (χ4n) is 2.88. The van der Waals surface area contributed by atoms with E-state index in [2.05, 4.69) is 40.7 Å². The SMILES string of the molecule is CCc1ncnc2c1ncn2C1CC(S)C(COP(=O)(O)OP(=O)(O)OP(=O)(O)O)O1. The van der Waals surface area contributed by atoms with Crippen molar-refractivity contribution >= 4 is 47.3 Å². The number of phosphoric ester groups is 1. The van der Waals surface area contributed by atoms with E-state index in [9.17, 15) is 23.5 Å². The molecule has 0 bridgehead atoms. The molecule has 0 amide bonds. The zero-order valence-corrected chi connectivity index (χ0v) is 19.3. The summed E-state index contributed by atoms with van der Waals surface area (Å²) < 4.78 is 53.3. The molecule has 19 heteroatoms.